The largest absolute Gasteiger partial charge is 0.481 e. The third kappa shape index (κ3) is 9.64. The van der Waals surface area contributed by atoms with Crippen LogP contribution in [0.25, 0.3) is 0 Å². The molecule has 0 aromatic carbocycles. The molecule has 13 heteroatoms. The number of carboxylic acid groups (broad SMARTS) is 2. The lowest BCUT2D eigenvalue weighted by Crippen LogP contribution is -2.59. The molecule has 202 valence electrons. The van der Waals surface area contributed by atoms with E-state index in [-0.39, 0.29) is 24.7 Å². The molecule has 1 rings (SSSR count). The second kappa shape index (κ2) is 14.8. The molecule has 0 spiro atoms. The molecule has 0 aliphatic heterocycles. The summed E-state index contributed by atoms with van der Waals surface area (Å²) in [7, 11) is 0. The van der Waals surface area contributed by atoms with Crippen molar-refractivity contribution >= 4 is 29.7 Å². The van der Waals surface area contributed by atoms with Crippen molar-refractivity contribution in [1.29, 1.82) is 0 Å². The van der Waals surface area contributed by atoms with Crippen LogP contribution in [-0.2, 0) is 30.4 Å². The smallest absolute Gasteiger partial charge is 0.326 e. The van der Waals surface area contributed by atoms with Crippen molar-refractivity contribution in [2.75, 3.05) is 0 Å². The number of hydrogen-bond donors (Lipinski definition) is 7. The number of carbonyl (C=O) groups excluding carboxylic acids is 3. The van der Waals surface area contributed by atoms with E-state index in [0.29, 0.717) is 18.5 Å². The summed E-state index contributed by atoms with van der Waals surface area (Å²) >= 11 is 0. The zero-order valence-corrected chi connectivity index (χ0v) is 21.1. The molecule has 6 atom stereocenters. The predicted octanol–water partition coefficient (Wildman–Crippen LogP) is -0.224. The second-order valence-electron chi connectivity index (χ2n) is 8.96. The van der Waals surface area contributed by atoms with Crippen LogP contribution in [0.5, 0.6) is 0 Å². The van der Waals surface area contributed by atoms with Crippen LogP contribution >= 0.6 is 0 Å². The van der Waals surface area contributed by atoms with Gasteiger partial charge in [-0.1, -0.05) is 40.5 Å². The molecule has 0 saturated carbocycles. The third-order valence-corrected chi connectivity index (χ3v) is 6.23. The van der Waals surface area contributed by atoms with Crippen molar-refractivity contribution in [3.05, 3.63) is 18.2 Å². The van der Waals surface area contributed by atoms with Crippen LogP contribution in [0.15, 0.2) is 12.5 Å². The number of carboxylic acids is 2. The number of nitrogens with two attached hydrogens (primary N) is 1. The number of nitrogens with zero attached hydrogens (tertiary/aromatic N) is 1. The van der Waals surface area contributed by atoms with E-state index in [1.807, 2.05) is 20.8 Å². The molecule has 13 nitrogen and oxygen atoms in total. The number of imidazole rings is 1. The van der Waals surface area contributed by atoms with Gasteiger partial charge in [-0.15, -0.1) is 0 Å². The molecule has 0 bridgehead atoms. The number of amides is 3. The summed E-state index contributed by atoms with van der Waals surface area (Å²) in [6, 6.07) is -4.55. The summed E-state index contributed by atoms with van der Waals surface area (Å²) in [6.07, 6.45) is 3.13. The standard InChI is InChI=1S/C23H38N6O7/c1-5-12(3)18(24)21(33)29-19(13(4)6-2)22(34)27-15(7-8-17(30)31)20(32)28-16(23(35)36)9-14-10-25-11-26-14/h10-13,15-16,18-19H,5-9,24H2,1-4H3,(H,25,26)(H,27,34)(H,28,32)(H,29,33)(H,30,31)(H,35,36). The van der Waals surface area contributed by atoms with E-state index in [4.69, 9.17) is 10.8 Å². The summed E-state index contributed by atoms with van der Waals surface area (Å²) in [5, 5.41) is 26.1. The monoisotopic (exact) mass is 510 g/mol. The molecular formula is C23H38N6O7. The normalized spacial score (nSPS) is 16.0. The van der Waals surface area contributed by atoms with E-state index in [0.717, 1.165) is 0 Å². The molecule has 8 N–H and O–H groups in total. The molecular weight excluding hydrogens is 472 g/mol. The summed E-state index contributed by atoms with van der Waals surface area (Å²) in [4.78, 5) is 68.1. The first-order valence-electron chi connectivity index (χ1n) is 12.0. The molecule has 6 unspecified atom stereocenters. The predicted molar refractivity (Wildman–Crippen MR) is 129 cm³/mol. The quantitative estimate of drug-likeness (QED) is 0.156. The average Bonchev–Trinajstić information content (AvgIpc) is 3.35. The minimum Gasteiger partial charge on any atom is -0.481 e. The lowest BCUT2D eigenvalue weighted by molar-refractivity contribution is -0.143. The van der Waals surface area contributed by atoms with Crippen molar-refractivity contribution in [3.63, 3.8) is 0 Å². The number of H-pyrrole nitrogens is 1. The van der Waals surface area contributed by atoms with E-state index < -0.39 is 60.2 Å². The highest BCUT2D eigenvalue weighted by Crippen LogP contribution is 2.12. The molecule has 0 fully saturated rings. The van der Waals surface area contributed by atoms with E-state index >= 15 is 0 Å². The highest BCUT2D eigenvalue weighted by atomic mass is 16.4. The average molecular weight is 511 g/mol. The van der Waals surface area contributed by atoms with Gasteiger partial charge in [0, 0.05) is 24.7 Å². The highest BCUT2D eigenvalue weighted by molar-refractivity contribution is 5.94. The second-order valence-corrected chi connectivity index (χ2v) is 8.96. The maximum atomic E-state index is 13.2. The number of rotatable bonds is 16. The number of aromatic amines is 1. The van der Waals surface area contributed by atoms with E-state index in [9.17, 15) is 29.1 Å². The Kier molecular flexibility index (Phi) is 12.6. The van der Waals surface area contributed by atoms with Crippen molar-refractivity contribution in [3.8, 4) is 0 Å². The van der Waals surface area contributed by atoms with Gasteiger partial charge in [0.2, 0.25) is 17.7 Å². The van der Waals surface area contributed by atoms with Gasteiger partial charge in [-0.25, -0.2) is 9.78 Å². The van der Waals surface area contributed by atoms with Crippen LogP contribution in [0.1, 0.15) is 59.1 Å². The molecule has 3 amide bonds. The van der Waals surface area contributed by atoms with Gasteiger partial charge in [-0.3, -0.25) is 19.2 Å². The summed E-state index contributed by atoms with van der Waals surface area (Å²) in [6.45, 7) is 7.28. The zero-order valence-electron chi connectivity index (χ0n) is 21.1. The van der Waals surface area contributed by atoms with Crippen molar-refractivity contribution in [1.82, 2.24) is 25.9 Å². The molecule has 0 radical (unpaired) electrons. The Morgan fingerprint density at radius 3 is 2.06 bits per heavy atom. The van der Waals surface area contributed by atoms with Gasteiger partial charge in [0.1, 0.15) is 18.1 Å². The summed E-state index contributed by atoms with van der Waals surface area (Å²) in [5.74, 6) is -5.02. The fraction of sp³-hybridized carbons (Fsp3) is 0.652. The van der Waals surface area contributed by atoms with Gasteiger partial charge in [-0.2, -0.15) is 0 Å². The Labute approximate surface area is 210 Å². The summed E-state index contributed by atoms with van der Waals surface area (Å²) < 4.78 is 0. The number of hydrogen-bond acceptors (Lipinski definition) is 7. The van der Waals surface area contributed by atoms with Crippen molar-refractivity contribution < 1.29 is 34.2 Å². The highest BCUT2D eigenvalue weighted by Gasteiger charge is 2.33. The lowest BCUT2D eigenvalue weighted by atomic mass is 9.95. The maximum absolute atomic E-state index is 13.2. The Balaban J connectivity index is 3.05. The molecule has 1 aromatic rings. The van der Waals surface area contributed by atoms with Crippen LogP contribution in [0.3, 0.4) is 0 Å². The SMILES string of the molecule is CCC(C)C(N)C(=O)NC(C(=O)NC(CCC(=O)O)C(=O)NC(Cc1cnc[nH]1)C(=O)O)C(C)CC. The lowest BCUT2D eigenvalue weighted by Gasteiger charge is -2.28. The summed E-state index contributed by atoms with van der Waals surface area (Å²) in [5.41, 5.74) is 6.46. The topological polar surface area (TPSA) is 217 Å². The first kappa shape index (κ1) is 30.6. The van der Waals surface area contributed by atoms with Gasteiger partial charge in [0.15, 0.2) is 0 Å². The van der Waals surface area contributed by atoms with Crippen LogP contribution in [-0.4, -0.2) is 74.0 Å². The van der Waals surface area contributed by atoms with E-state index in [1.165, 1.54) is 12.5 Å². The Morgan fingerprint density at radius 1 is 0.944 bits per heavy atom. The van der Waals surface area contributed by atoms with E-state index in [2.05, 4.69) is 25.9 Å². The molecule has 1 aromatic heterocycles. The minimum atomic E-state index is -1.35. The van der Waals surface area contributed by atoms with Gasteiger partial charge < -0.3 is 36.9 Å². The number of aliphatic carboxylic acids is 2. The fourth-order valence-corrected chi connectivity index (χ4v) is 3.35. The molecule has 0 aliphatic carbocycles. The Morgan fingerprint density at radius 2 is 1.56 bits per heavy atom. The van der Waals surface area contributed by atoms with Crippen LogP contribution in [0.4, 0.5) is 0 Å². The minimum absolute atomic E-state index is 0.0975. The van der Waals surface area contributed by atoms with Crippen molar-refractivity contribution in [2.24, 2.45) is 17.6 Å². The maximum Gasteiger partial charge on any atom is 0.326 e. The molecule has 0 saturated heterocycles. The number of nitrogens with one attached hydrogen (secondary N) is 4. The number of aromatic nitrogens is 2. The van der Waals surface area contributed by atoms with Gasteiger partial charge in [0.25, 0.3) is 0 Å². The molecule has 0 aliphatic rings. The van der Waals surface area contributed by atoms with Crippen molar-refractivity contribution in [2.45, 2.75) is 84.0 Å². The van der Waals surface area contributed by atoms with Gasteiger partial charge in [0.05, 0.1) is 12.4 Å². The zero-order chi connectivity index (χ0) is 27.4. The molecule has 36 heavy (non-hydrogen) atoms. The Hall–Kier alpha value is -3.48. The first-order chi connectivity index (χ1) is 16.9. The first-order valence-corrected chi connectivity index (χ1v) is 12.0. The third-order valence-electron chi connectivity index (χ3n) is 6.23. The van der Waals surface area contributed by atoms with E-state index in [1.54, 1.807) is 6.92 Å². The molecule has 1 heterocycles. The van der Waals surface area contributed by atoms with Crippen LogP contribution in [0, 0.1) is 11.8 Å². The van der Waals surface area contributed by atoms with Gasteiger partial charge >= 0.3 is 11.9 Å². The van der Waals surface area contributed by atoms with Crippen LogP contribution < -0.4 is 21.7 Å². The van der Waals surface area contributed by atoms with Crippen LogP contribution in [0.2, 0.25) is 0 Å². The fourth-order valence-electron chi connectivity index (χ4n) is 3.35. The number of carbonyl (C=O) groups is 5. The Bertz CT molecular complexity index is 892. The van der Waals surface area contributed by atoms with Gasteiger partial charge in [-0.05, 0) is 18.3 Å².